The van der Waals surface area contributed by atoms with E-state index >= 15 is 0 Å². The maximum absolute atomic E-state index is 6.95. The second kappa shape index (κ2) is 10.7. The van der Waals surface area contributed by atoms with E-state index in [0.29, 0.717) is 6.61 Å². The van der Waals surface area contributed by atoms with Crippen LogP contribution in [0.1, 0.15) is 5.56 Å². The maximum Gasteiger partial charge on any atom is 0.288 e. The van der Waals surface area contributed by atoms with Crippen LogP contribution in [-0.4, -0.2) is 14.9 Å². The molecule has 4 aromatic rings. The third-order valence-electron chi connectivity index (χ3n) is 5.30. The van der Waals surface area contributed by atoms with Crippen molar-refractivity contribution in [3.63, 3.8) is 0 Å². The molecule has 152 valence electrons. The van der Waals surface area contributed by atoms with Crippen LogP contribution in [0.2, 0.25) is 0 Å². The van der Waals surface area contributed by atoms with Gasteiger partial charge >= 0.3 is 0 Å². The zero-order valence-electron chi connectivity index (χ0n) is 17.1. The summed E-state index contributed by atoms with van der Waals surface area (Å²) in [6.45, 7) is 0.679. The average Bonchev–Trinajstić information content (AvgIpc) is 2.80. The van der Waals surface area contributed by atoms with Crippen LogP contribution >= 0.6 is 0 Å². The number of rotatable bonds is 7. The summed E-state index contributed by atoms with van der Waals surface area (Å²) in [7, 11) is -0.554. The van der Waals surface area contributed by atoms with Gasteiger partial charge in [0.1, 0.15) is 7.05 Å². The fraction of sp³-hybridized carbons (Fsp3) is 0.115. The first-order chi connectivity index (χ1) is 14.3. The molecule has 4 heteroatoms. The SMILES string of the molecule is C[n+]1ccc(CCO[Si](c2ccccc2)(c2ccccc2)c2ccccc2)cc1.[I-]. The molecule has 0 atom stereocenters. The smallest absolute Gasteiger partial charge is 0.288 e. The highest BCUT2D eigenvalue weighted by Crippen LogP contribution is 2.11. The lowest BCUT2D eigenvalue weighted by molar-refractivity contribution is -0.671. The lowest BCUT2D eigenvalue weighted by Gasteiger charge is -2.33. The van der Waals surface area contributed by atoms with Crippen LogP contribution < -0.4 is 44.1 Å². The molecular weight excluding hydrogens is 497 g/mol. The fourth-order valence-corrected chi connectivity index (χ4v) is 7.68. The Labute approximate surface area is 197 Å². The Kier molecular flexibility index (Phi) is 7.96. The number of halogens is 1. The van der Waals surface area contributed by atoms with Crippen molar-refractivity contribution in [2.45, 2.75) is 6.42 Å². The summed E-state index contributed by atoms with van der Waals surface area (Å²) in [5.74, 6) is 0. The monoisotopic (exact) mass is 523 g/mol. The number of hydrogen-bond donors (Lipinski definition) is 0. The molecule has 0 aliphatic carbocycles. The van der Waals surface area contributed by atoms with Gasteiger partial charge in [-0.2, -0.15) is 0 Å². The van der Waals surface area contributed by atoms with Crippen LogP contribution in [0, 0.1) is 0 Å². The van der Waals surface area contributed by atoms with Crippen LogP contribution in [0.4, 0.5) is 0 Å². The van der Waals surface area contributed by atoms with E-state index < -0.39 is 8.32 Å². The van der Waals surface area contributed by atoms with E-state index in [-0.39, 0.29) is 24.0 Å². The van der Waals surface area contributed by atoms with Gasteiger partial charge < -0.3 is 28.4 Å². The molecule has 2 nitrogen and oxygen atoms in total. The van der Waals surface area contributed by atoms with Gasteiger partial charge in [0.25, 0.3) is 8.32 Å². The normalized spacial score (nSPS) is 11.0. The Hall–Kier alpha value is -2.28. The van der Waals surface area contributed by atoms with Gasteiger partial charge in [-0.15, -0.1) is 0 Å². The Morgan fingerprint density at radius 3 is 1.43 bits per heavy atom. The van der Waals surface area contributed by atoms with E-state index in [1.807, 2.05) is 7.05 Å². The largest absolute Gasteiger partial charge is 1.00 e. The molecule has 0 saturated heterocycles. The van der Waals surface area contributed by atoms with Gasteiger partial charge in [-0.25, -0.2) is 4.57 Å². The molecule has 0 saturated carbocycles. The molecule has 3 aromatic carbocycles. The zero-order chi connectivity index (χ0) is 19.9. The number of pyridine rings is 1. The average molecular weight is 523 g/mol. The third-order valence-corrected chi connectivity index (χ3v) is 9.37. The maximum atomic E-state index is 6.95. The number of benzene rings is 3. The van der Waals surface area contributed by atoms with E-state index in [0.717, 1.165) is 6.42 Å². The van der Waals surface area contributed by atoms with Gasteiger partial charge in [0.2, 0.25) is 0 Å². The highest BCUT2D eigenvalue weighted by Gasteiger charge is 2.41. The minimum absolute atomic E-state index is 0. The Morgan fingerprint density at radius 2 is 1.03 bits per heavy atom. The van der Waals surface area contributed by atoms with Crippen LogP contribution in [0.25, 0.3) is 0 Å². The summed E-state index contributed by atoms with van der Waals surface area (Å²) in [5.41, 5.74) is 1.29. The molecule has 0 N–H and O–H groups in total. The lowest BCUT2D eigenvalue weighted by Crippen LogP contribution is -3.00. The molecule has 4 rings (SSSR count). The molecular formula is C26H26INOSi. The van der Waals surface area contributed by atoms with Crippen LogP contribution in [0.15, 0.2) is 116 Å². The molecule has 0 radical (unpaired) electrons. The van der Waals surface area contributed by atoms with Gasteiger partial charge in [0.05, 0.1) is 0 Å². The van der Waals surface area contributed by atoms with Gasteiger partial charge in [0.15, 0.2) is 12.4 Å². The molecule has 0 aliphatic rings. The first-order valence-electron chi connectivity index (χ1n) is 10.0. The minimum Gasteiger partial charge on any atom is -1.00 e. The van der Waals surface area contributed by atoms with Crippen molar-refractivity contribution >= 4 is 23.9 Å². The van der Waals surface area contributed by atoms with Gasteiger partial charge in [-0.05, 0) is 27.5 Å². The van der Waals surface area contributed by atoms with E-state index in [1.165, 1.54) is 21.1 Å². The quantitative estimate of drug-likeness (QED) is 0.141. The summed E-state index contributed by atoms with van der Waals surface area (Å²) < 4.78 is 9.01. The molecule has 0 fully saturated rings. The topological polar surface area (TPSA) is 13.1 Å². The number of hydrogen-bond acceptors (Lipinski definition) is 1. The first-order valence-corrected chi connectivity index (χ1v) is 11.9. The predicted molar refractivity (Wildman–Crippen MR) is 121 cm³/mol. The zero-order valence-corrected chi connectivity index (χ0v) is 20.3. The lowest BCUT2D eigenvalue weighted by atomic mass is 10.2. The molecule has 0 bridgehead atoms. The van der Waals surface area contributed by atoms with Crippen LogP contribution in [-0.2, 0) is 17.9 Å². The summed E-state index contributed by atoms with van der Waals surface area (Å²) >= 11 is 0. The Morgan fingerprint density at radius 1 is 0.633 bits per heavy atom. The van der Waals surface area contributed by atoms with E-state index in [2.05, 4.69) is 120 Å². The van der Waals surface area contributed by atoms with Crippen molar-refractivity contribution in [2.75, 3.05) is 6.61 Å². The van der Waals surface area contributed by atoms with Gasteiger partial charge in [-0.1, -0.05) is 91.0 Å². The number of aromatic nitrogens is 1. The van der Waals surface area contributed by atoms with E-state index in [9.17, 15) is 0 Å². The van der Waals surface area contributed by atoms with Crippen molar-refractivity contribution in [3.05, 3.63) is 121 Å². The molecule has 0 aliphatic heterocycles. The molecule has 30 heavy (non-hydrogen) atoms. The molecule has 0 amide bonds. The van der Waals surface area contributed by atoms with Gasteiger partial charge in [0, 0.05) is 18.7 Å². The molecule has 0 unspecified atom stereocenters. The Balaban J connectivity index is 0.00000256. The van der Waals surface area contributed by atoms with Crippen molar-refractivity contribution < 1.29 is 33.0 Å². The Bertz CT molecular complexity index is 928. The van der Waals surface area contributed by atoms with Crippen molar-refractivity contribution in [1.29, 1.82) is 0 Å². The fourth-order valence-electron chi connectivity index (χ4n) is 3.79. The number of nitrogens with zero attached hydrogens (tertiary/aromatic N) is 1. The highest BCUT2D eigenvalue weighted by molar-refractivity contribution is 7.07. The summed E-state index contributed by atoms with van der Waals surface area (Å²) in [6.07, 6.45) is 5.07. The first kappa shape index (κ1) is 22.4. The highest BCUT2D eigenvalue weighted by atomic mass is 127. The van der Waals surface area contributed by atoms with E-state index in [4.69, 9.17) is 4.43 Å². The molecule has 1 heterocycles. The van der Waals surface area contributed by atoms with E-state index in [1.54, 1.807) is 0 Å². The summed E-state index contributed by atoms with van der Waals surface area (Å²) in [4.78, 5) is 0. The van der Waals surface area contributed by atoms with Crippen LogP contribution in [0.5, 0.6) is 0 Å². The van der Waals surface area contributed by atoms with Crippen molar-refractivity contribution in [2.24, 2.45) is 7.05 Å². The standard InChI is InChI=1S/C26H26NOSi.HI/c1-27-20-17-23(18-21-27)19-22-28-29(24-11-5-2-6-12-24,25-13-7-3-8-14-25)26-15-9-4-10-16-26;/h2-18,20-21H,19,22H2,1H3;1H/q+1;/p-1. The summed E-state index contributed by atoms with van der Waals surface area (Å²) in [6, 6.07) is 36.5. The second-order valence-corrected chi connectivity index (χ2v) is 10.6. The second-order valence-electron chi connectivity index (χ2n) is 7.25. The summed E-state index contributed by atoms with van der Waals surface area (Å²) in [5, 5.41) is 3.82. The minimum atomic E-state index is -2.59. The predicted octanol–water partition coefficient (Wildman–Crippen LogP) is -0.259. The van der Waals surface area contributed by atoms with Crippen LogP contribution in [0.3, 0.4) is 0 Å². The van der Waals surface area contributed by atoms with Crippen molar-refractivity contribution in [3.8, 4) is 0 Å². The van der Waals surface area contributed by atoms with Crippen molar-refractivity contribution in [1.82, 2.24) is 0 Å². The van der Waals surface area contributed by atoms with Gasteiger partial charge in [-0.3, -0.25) is 0 Å². The molecule has 1 aromatic heterocycles. The molecule has 0 spiro atoms. The number of aryl methyl sites for hydroxylation is 1. The third kappa shape index (κ3) is 4.88.